The molecule has 0 aliphatic heterocycles. The van der Waals surface area contributed by atoms with Crippen LogP contribution in [0.15, 0.2) is 12.3 Å². The Bertz CT molecular complexity index is 465. The molecule has 0 aromatic carbocycles. The Morgan fingerprint density at radius 2 is 2.24 bits per heavy atom. The lowest BCUT2D eigenvalue weighted by Gasteiger charge is -2.26. The van der Waals surface area contributed by atoms with E-state index in [1.54, 1.807) is 6.20 Å². The maximum atomic E-state index is 12.7. The molecule has 1 rings (SSSR count). The minimum atomic E-state index is 0.0368. The van der Waals surface area contributed by atoms with Crippen molar-refractivity contribution < 1.29 is 4.79 Å². The number of aromatic nitrogens is 1. The van der Waals surface area contributed by atoms with Gasteiger partial charge in [0.05, 0.1) is 11.3 Å². The van der Waals surface area contributed by atoms with Crippen molar-refractivity contribution in [2.45, 2.75) is 39.7 Å². The molecule has 0 spiro atoms. The lowest BCUT2D eigenvalue weighted by atomic mass is 10.1. The van der Waals surface area contributed by atoms with Crippen molar-refractivity contribution in [1.29, 1.82) is 0 Å². The van der Waals surface area contributed by atoms with Crippen molar-refractivity contribution in [2.75, 3.05) is 30.9 Å². The maximum absolute atomic E-state index is 12.7. The molecule has 1 heterocycles. The normalized spacial score (nSPS) is 12.0. The first kappa shape index (κ1) is 17.8. The second-order valence-electron chi connectivity index (χ2n) is 5.34. The van der Waals surface area contributed by atoms with E-state index in [2.05, 4.69) is 30.4 Å². The molecule has 1 amide bonds. The minimum absolute atomic E-state index is 0.0368. The van der Waals surface area contributed by atoms with Crippen LogP contribution in [-0.2, 0) is 0 Å². The number of anilines is 1. The van der Waals surface area contributed by atoms with Gasteiger partial charge in [-0.15, -0.1) is 0 Å². The van der Waals surface area contributed by atoms with E-state index in [9.17, 15) is 4.79 Å². The van der Waals surface area contributed by atoms with E-state index >= 15 is 0 Å². The number of amides is 1. The molecular formula is C16H27N3OS. The molecule has 1 atom stereocenters. The van der Waals surface area contributed by atoms with Gasteiger partial charge in [0.2, 0.25) is 0 Å². The van der Waals surface area contributed by atoms with Gasteiger partial charge in [-0.1, -0.05) is 6.92 Å². The van der Waals surface area contributed by atoms with Gasteiger partial charge in [-0.25, -0.2) is 0 Å². The number of hydrogen-bond acceptors (Lipinski definition) is 4. The molecule has 4 nitrogen and oxygen atoms in total. The molecule has 1 N–H and O–H groups in total. The summed E-state index contributed by atoms with van der Waals surface area (Å²) in [4.78, 5) is 18.8. The van der Waals surface area contributed by atoms with Gasteiger partial charge >= 0.3 is 0 Å². The highest BCUT2D eigenvalue weighted by atomic mass is 32.2. The first-order chi connectivity index (χ1) is 10.0. The SMILES string of the molecule is CCCNc1cc(C)ncc1C(=O)N(C)C(C)CCSC. The number of hydrogen-bond donors (Lipinski definition) is 1. The van der Waals surface area contributed by atoms with Crippen LogP contribution in [0.5, 0.6) is 0 Å². The molecule has 1 aromatic rings. The first-order valence-electron chi connectivity index (χ1n) is 7.47. The van der Waals surface area contributed by atoms with Gasteiger partial charge in [-0.2, -0.15) is 11.8 Å². The van der Waals surface area contributed by atoms with E-state index in [4.69, 9.17) is 0 Å². The molecular weight excluding hydrogens is 282 g/mol. The van der Waals surface area contributed by atoms with Gasteiger partial charge < -0.3 is 10.2 Å². The van der Waals surface area contributed by atoms with E-state index in [0.29, 0.717) is 5.56 Å². The Kier molecular flexibility index (Phi) is 7.57. The van der Waals surface area contributed by atoms with E-state index < -0.39 is 0 Å². The van der Waals surface area contributed by atoms with Gasteiger partial charge in [0.15, 0.2) is 0 Å². The second-order valence-corrected chi connectivity index (χ2v) is 6.33. The van der Waals surface area contributed by atoms with Gasteiger partial charge in [0, 0.05) is 31.5 Å². The standard InChI is InChI=1S/C16H27N3OS/c1-6-8-17-15-10-12(2)18-11-14(15)16(20)19(4)13(3)7-9-21-5/h10-11,13H,6-9H2,1-5H3,(H,17,18). The summed E-state index contributed by atoms with van der Waals surface area (Å²) in [5, 5.41) is 3.33. The topological polar surface area (TPSA) is 45.2 Å². The van der Waals surface area contributed by atoms with Gasteiger partial charge in [-0.3, -0.25) is 9.78 Å². The minimum Gasteiger partial charge on any atom is -0.384 e. The lowest BCUT2D eigenvalue weighted by Crippen LogP contribution is -2.36. The monoisotopic (exact) mass is 309 g/mol. The Balaban J connectivity index is 2.89. The van der Waals surface area contributed by atoms with E-state index in [1.807, 2.05) is 36.7 Å². The van der Waals surface area contributed by atoms with Crippen molar-refractivity contribution in [1.82, 2.24) is 9.88 Å². The zero-order valence-corrected chi connectivity index (χ0v) is 14.6. The predicted molar refractivity (Wildman–Crippen MR) is 92.3 cm³/mol. The summed E-state index contributed by atoms with van der Waals surface area (Å²) in [6.45, 7) is 7.00. The summed E-state index contributed by atoms with van der Waals surface area (Å²) in [6, 6.07) is 2.17. The number of rotatable bonds is 8. The smallest absolute Gasteiger partial charge is 0.257 e. The molecule has 118 valence electrons. The van der Waals surface area contributed by atoms with Crippen molar-refractivity contribution in [3.8, 4) is 0 Å². The van der Waals surface area contributed by atoms with Crippen LogP contribution >= 0.6 is 11.8 Å². The van der Waals surface area contributed by atoms with E-state index in [-0.39, 0.29) is 11.9 Å². The van der Waals surface area contributed by atoms with Gasteiger partial charge in [0.25, 0.3) is 5.91 Å². The molecule has 0 aliphatic rings. The fourth-order valence-electron chi connectivity index (χ4n) is 2.01. The summed E-state index contributed by atoms with van der Waals surface area (Å²) in [5.41, 5.74) is 2.47. The third-order valence-corrected chi connectivity index (χ3v) is 4.20. The fraction of sp³-hybridized carbons (Fsp3) is 0.625. The highest BCUT2D eigenvalue weighted by molar-refractivity contribution is 7.98. The average Bonchev–Trinajstić information content (AvgIpc) is 2.49. The van der Waals surface area contributed by atoms with Gasteiger partial charge in [-0.05, 0) is 44.8 Å². The maximum Gasteiger partial charge on any atom is 0.257 e. The van der Waals surface area contributed by atoms with E-state index in [0.717, 1.165) is 36.5 Å². The predicted octanol–water partition coefficient (Wildman–Crippen LogP) is 3.43. The molecule has 0 aliphatic carbocycles. The number of pyridine rings is 1. The first-order valence-corrected chi connectivity index (χ1v) is 8.87. The van der Waals surface area contributed by atoms with Crippen LogP contribution in [0.4, 0.5) is 5.69 Å². The third kappa shape index (κ3) is 5.23. The molecule has 0 bridgehead atoms. The van der Waals surface area contributed by atoms with Crippen molar-refractivity contribution in [3.63, 3.8) is 0 Å². The Labute approximate surface area is 132 Å². The van der Waals surface area contributed by atoms with Crippen LogP contribution in [0.25, 0.3) is 0 Å². The number of carbonyl (C=O) groups excluding carboxylic acids is 1. The Morgan fingerprint density at radius 3 is 2.86 bits per heavy atom. The molecule has 1 aromatic heterocycles. The number of carbonyl (C=O) groups is 1. The zero-order valence-electron chi connectivity index (χ0n) is 13.8. The molecule has 21 heavy (non-hydrogen) atoms. The van der Waals surface area contributed by atoms with Crippen LogP contribution in [0, 0.1) is 6.92 Å². The number of thioether (sulfide) groups is 1. The molecule has 5 heteroatoms. The highest BCUT2D eigenvalue weighted by Crippen LogP contribution is 2.19. The quantitative estimate of drug-likeness (QED) is 0.799. The summed E-state index contributed by atoms with van der Waals surface area (Å²) < 4.78 is 0. The molecule has 1 unspecified atom stereocenters. The van der Waals surface area contributed by atoms with Crippen molar-refractivity contribution in [2.24, 2.45) is 0 Å². The number of nitrogens with one attached hydrogen (secondary N) is 1. The molecule has 0 fully saturated rings. The Morgan fingerprint density at radius 1 is 1.52 bits per heavy atom. The largest absolute Gasteiger partial charge is 0.384 e. The van der Waals surface area contributed by atoms with Gasteiger partial charge in [0.1, 0.15) is 0 Å². The Hall–Kier alpha value is -1.23. The zero-order chi connectivity index (χ0) is 15.8. The molecule has 0 saturated heterocycles. The van der Waals surface area contributed by atoms with Crippen LogP contribution in [-0.4, -0.2) is 47.4 Å². The summed E-state index contributed by atoms with van der Waals surface area (Å²) in [7, 11) is 1.87. The second kappa shape index (κ2) is 8.93. The van der Waals surface area contributed by atoms with Crippen LogP contribution in [0.3, 0.4) is 0 Å². The average molecular weight is 309 g/mol. The van der Waals surface area contributed by atoms with E-state index in [1.165, 1.54) is 0 Å². The van der Waals surface area contributed by atoms with Crippen LogP contribution in [0.1, 0.15) is 42.7 Å². The van der Waals surface area contributed by atoms with Crippen molar-refractivity contribution in [3.05, 3.63) is 23.5 Å². The molecule has 0 radical (unpaired) electrons. The summed E-state index contributed by atoms with van der Waals surface area (Å²) >= 11 is 1.81. The summed E-state index contributed by atoms with van der Waals surface area (Å²) in [6.07, 6.45) is 5.80. The highest BCUT2D eigenvalue weighted by Gasteiger charge is 2.20. The van der Waals surface area contributed by atoms with Crippen molar-refractivity contribution >= 4 is 23.4 Å². The fourth-order valence-corrected chi connectivity index (χ4v) is 2.59. The lowest BCUT2D eigenvalue weighted by molar-refractivity contribution is 0.0742. The summed E-state index contributed by atoms with van der Waals surface area (Å²) in [5.74, 6) is 1.10. The van der Waals surface area contributed by atoms with Crippen LogP contribution < -0.4 is 5.32 Å². The number of nitrogens with zero attached hydrogens (tertiary/aromatic N) is 2. The van der Waals surface area contributed by atoms with Crippen LogP contribution in [0.2, 0.25) is 0 Å². The third-order valence-electron chi connectivity index (χ3n) is 3.56. The number of aryl methyl sites for hydroxylation is 1. The molecule has 0 saturated carbocycles.